The number of ether oxygens (including phenoxy) is 2. The van der Waals surface area contributed by atoms with Gasteiger partial charge >= 0.3 is 5.97 Å². The molecule has 3 aromatic carbocycles. The molecule has 4 heterocycles. The van der Waals surface area contributed by atoms with Gasteiger partial charge in [-0.15, -0.1) is 0 Å². The summed E-state index contributed by atoms with van der Waals surface area (Å²) in [5, 5.41) is 21.1. The third kappa shape index (κ3) is 5.61. The lowest BCUT2D eigenvalue weighted by molar-refractivity contribution is 0.0516. The average Bonchev–Trinajstić information content (AvgIpc) is 3.31. The molecule has 3 N–H and O–H groups in total. The van der Waals surface area contributed by atoms with Crippen molar-refractivity contribution in [2.75, 3.05) is 31.9 Å². The fraction of sp³-hybridized carbons (Fsp3) is 0.257. The normalized spacial score (nSPS) is 20.8. The maximum absolute atomic E-state index is 15.7. The summed E-state index contributed by atoms with van der Waals surface area (Å²) < 4.78 is 27.5. The van der Waals surface area contributed by atoms with Crippen LogP contribution < -0.4 is 15.0 Å². The fourth-order valence-electron chi connectivity index (χ4n) is 6.76. The van der Waals surface area contributed by atoms with Crippen molar-refractivity contribution in [2.24, 2.45) is 4.99 Å². The van der Waals surface area contributed by atoms with Crippen LogP contribution in [0.3, 0.4) is 0 Å². The Labute approximate surface area is 285 Å². The number of carbonyl (C=O) groups excluding carboxylic acids is 1. The summed E-state index contributed by atoms with van der Waals surface area (Å²) in [6.07, 6.45) is 6.64. The SMILES string of the molecule is CN/C=C1/N=C(c2cc(Cl)c(C(=O)N3COc4c(cccc4-c4cc(N5C6CCC5COC6)c(C(=O)O)cc4F)C3)c(Cl)c2)C=CC1=N. The Morgan fingerprint density at radius 3 is 2.50 bits per heavy atom. The summed E-state index contributed by atoms with van der Waals surface area (Å²) >= 11 is 13.3. The second-order valence-corrected chi connectivity index (χ2v) is 12.7. The summed E-state index contributed by atoms with van der Waals surface area (Å²) in [6.45, 7) is 0.960. The van der Waals surface area contributed by atoms with Crippen LogP contribution in [0.2, 0.25) is 10.0 Å². The Balaban J connectivity index is 1.18. The van der Waals surface area contributed by atoms with Gasteiger partial charge in [-0.3, -0.25) is 10.2 Å². The highest BCUT2D eigenvalue weighted by molar-refractivity contribution is 6.40. The van der Waals surface area contributed by atoms with Crippen LogP contribution in [0.5, 0.6) is 5.75 Å². The van der Waals surface area contributed by atoms with E-state index in [1.54, 1.807) is 61.8 Å². The molecule has 3 aromatic rings. The number of hydrogen-bond acceptors (Lipinski definition) is 8. The molecule has 0 spiro atoms. The van der Waals surface area contributed by atoms with Gasteiger partial charge in [-0.1, -0.05) is 41.4 Å². The third-order valence-corrected chi connectivity index (χ3v) is 9.59. The molecule has 2 saturated heterocycles. The molecule has 1 amide bonds. The molecule has 4 aliphatic rings. The number of dihydropyridines is 1. The van der Waals surface area contributed by atoms with Gasteiger partial charge in [-0.2, -0.15) is 0 Å². The van der Waals surface area contributed by atoms with E-state index in [2.05, 4.69) is 15.2 Å². The number of halogens is 3. The molecule has 7 rings (SSSR count). The number of amides is 1. The van der Waals surface area contributed by atoms with Crippen LogP contribution >= 0.6 is 23.2 Å². The van der Waals surface area contributed by atoms with Crippen LogP contribution in [-0.4, -0.2) is 72.4 Å². The summed E-state index contributed by atoms with van der Waals surface area (Å²) in [4.78, 5) is 34.0. The zero-order chi connectivity index (χ0) is 33.7. The minimum absolute atomic E-state index is 0.0165. The molecule has 48 heavy (non-hydrogen) atoms. The zero-order valence-corrected chi connectivity index (χ0v) is 27.2. The van der Waals surface area contributed by atoms with E-state index in [9.17, 15) is 14.7 Å². The second kappa shape index (κ2) is 12.7. The molecule has 0 aliphatic carbocycles. The molecule has 2 unspecified atom stereocenters. The predicted octanol–water partition coefficient (Wildman–Crippen LogP) is 6.30. The van der Waals surface area contributed by atoms with Crippen LogP contribution in [-0.2, 0) is 11.3 Å². The van der Waals surface area contributed by atoms with Gasteiger partial charge in [0.2, 0.25) is 0 Å². The first-order valence-corrected chi connectivity index (χ1v) is 16.1. The van der Waals surface area contributed by atoms with E-state index in [1.165, 1.54) is 4.90 Å². The van der Waals surface area contributed by atoms with Crippen LogP contribution in [0, 0.1) is 11.2 Å². The molecule has 0 saturated carbocycles. The van der Waals surface area contributed by atoms with Gasteiger partial charge in [0.15, 0.2) is 6.73 Å². The smallest absolute Gasteiger partial charge is 0.337 e. The molecule has 13 heteroatoms. The summed E-state index contributed by atoms with van der Waals surface area (Å²) in [5.74, 6) is -1.93. The average molecular weight is 691 g/mol. The van der Waals surface area contributed by atoms with Crippen molar-refractivity contribution in [2.45, 2.75) is 31.5 Å². The van der Waals surface area contributed by atoms with Crippen molar-refractivity contribution in [3.63, 3.8) is 0 Å². The van der Waals surface area contributed by atoms with E-state index in [-0.39, 0.29) is 57.8 Å². The van der Waals surface area contributed by atoms with Crippen molar-refractivity contribution in [3.05, 3.63) is 105 Å². The van der Waals surface area contributed by atoms with Gasteiger partial charge in [-0.05, 0) is 49.3 Å². The monoisotopic (exact) mass is 689 g/mol. The number of anilines is 1. The first-order valence-electron chi connectivity index (χ1n) is 15.3. The summed E-state index contributed by atoms with van der Waals surface area (Å²) in [7, 11) is 1.72. The number of aromatic carboxylic acids is 1. The van der Waals surface area contributed by atoms with E-state index in [0.717, 1.165) is 18.9 Å². The van der Waals surface area contributed by atoms with Crippen molar-refractivity contribution >= 4 is 52.2 Å². The Hall–Kier alpha value is -4.71. The molecule has 2 fully saturated rings. The third-order valence-electron chi connectivity index (χ3n) is 8.99. The molecular weight excluding hydrogens is 660 g/mol. The molecule has 0 aromatic heterocycles. The van der Waals surface area contributed by atoms with Crippen molar-refractivity contribution in [1.82, 2.24) is 10.2 Å². The van der Waals surface area contributed by atoms with E-state index in [4.69, 9.17) is 38.1 Å². The fourth-order valence-corrected chi connectivity index (χ4v) is 7.41. The van der Waals surface area contributed by atoms with Gasteiger partial charge < -0.3 is 29.7 Å². The number of carboxylic acids is 1. The molecular formula is C35H30Cl2FN5O5. The highest BCUT2D eigenvalue weighted by atomic mass is 35.5. The van der Waals surface area contributed by atoms with Crippen LogP contribution in [0.1, 0.15) is 44.7 Å². The number of morpholine rings is 1. The summed E-state index contributed by atoms with van der Waals surface area (Å²) in [5.41, 5.74) is 3.56. The van der Waals surface area contributed by atoms with Gasteiger partial charge in [0, 0.05) is 35.5 Å². The lowest BCUT2D eigenvalue weighted by Gasteiger charge is -2.37. The Kier molecular flexibility index (Phi) is 8.44. The number of hydrogen-bond donors (Lipinski definition) is 3. The number of aliphatic imine (C=N–C) groups is 1. The van der Waals surface area contributed by atoms with Gasteiger partial charge in [0.1, 0.15) is 17.3 Å². The minimum atomic E-state index is -1.20. The molecule has 0 radical (unpaired) electrons. The maximum atomic E-state index is 15.7. The maximum Gasteiger partial charge on any atom is 0.337 e. The zero-order valence-electron chi connectivity index (χ0n) is 25.7. The number of fused-ring (bicyclic) bond motifs is 3. The number of allylic oxidation sites excluding steroid dienone is 2. The predicted molar refractivity (Wildman–Crippen MR) is 181 cm³/mol. The number of rotatable bonds is 6. The number of nitrogens with one attached hydrogen (secondary N) is 2. The molecule has 2 bridgehead atoms. The number of para-hydroxylation sites is 1. The first kappa shape index (κ1) is 31.9. The number of carbonyl (C=O) groups is 2. The number of carboxylic acid groups (broad SMARTS) is 1. The highest BCUT2D eigenvalue weighted by Crippen LogP contribution is 2.43. The quantitative estimate of drug-likeness (QED) is 0.277. The van der Waals surface area contributed by atoms with Crippen LogP contribution in [0.4, 0.5) is 10.1 Å². The lowest BCUT2D eigenvalue weighted by Crippen LogP contribution is -2.46. The molecule has 2 atom stereocenters. The topological polar surface area (TPSA) is 128 Å². The molecule has 10 nitrogen and oxygen atoms in total. The Bertz CT molecular complexity index is 1940. The van der Waals surface area contributed by atoms with E-state index in [0.29, 0.717) is 52.7 Å². The molecule has 4 aliphatic heterocycles. The molecule has 246 valence electrons. The summed E-state index contributed by atoms with van der Waals surface area (Å²) in [6, 6.07) is 11.2. The van der Waals surface area contributed by atoms with Crippen LogP contribution in [0.25, 0.3) is 11.1 Å². The van der Waals surface area contributed by atoms with Gasteiger partial charge in [-0.25, -0.2) is 14.2 Å². The Morgan fingerprint density at radius 2 is 1.81 bits per heavy atom. The van der Waals surface area contributed by atoms with Crippen molar-refractivity contribution < 1.29 is 28.6 Å². The number of benzene rings is 3. The highest BCUT2D eigenvalue weighted by Gasteiger charge is 2.40. The van der Waals surface area contributed by atoms with Gasteiger partial charge in [0.25, 0.3) is 5.91 Å². The van der Waals surface area contributed by atoms with Crippen molar-refractivity contribution in [3.8, 4) is 16.9 Å². The first-order chi connectivity index (χ1) is 23.1. The second-order valence-electron chi connectivity index (χ2n) is 11.9. The Morgan fingerprint density at radius 1 is 1.08 bits per heavy atom. The van der Waals surface area contributed by atoms with Crippen LogP contribution in [0.15, 0.2) is 71.5 Å². The van der Waals surface area contributed by atoms with Gasteiger partial charge in [0.05, 0.1) is 70.1 Å². The number of nitrogens with zero attached hydrogens (tertiary/aromatic N) is 3. The van der Waals surface area contributed by atoms with E-state index >= 15 is 4.39 Å². The lowest BCUT2D eigenvalue weighted by atomic mass is 9.96. The van der Waals surface area contributed by atoms with Crippen molar-refractivity contribution in [1.29, 1.82) is 5.41 Å². The minimum Gasteiger partial charge on any atom is -0.478 e. The largest absolute Gasteiger partial charge is 0.478 e. The van der Waals surface area contributed by atoms with E-state index < -0.39 is 17.7 Å². The standard InChI is InChI=1S/C35H30Cl2FN5O5/c1-40-13-30-28(39)7-8-29(41-30)19-9-25(36)32(26(37)10-19)34(44)42-14-18-3-2-4-22(33(18)48-17-42)23-12-31(24(35(45)46)11-27(23)38)43-20-5-6-21(43)16-47-15-20/h2-4,7-13,20-21,39-40H,5-6,14-17H2,1H3,(H,45,46)/b30-13+,39-28?. The van der Waals surface area contributed by atoms with E-state index in [1.807, 2.05) is 0 Å².